The molecule has 2 N–H and O–H groups in total. The molecule has 6 nitrogen and oxygen atoms in total. The van der Waals surface area contributed by atoms with Gasteiger partial charge in [0.15, 0.2) is 0 Å². The fourth-order valence-corrected chi connectivity index (χ4v) is 1.68. The van der Waals surface area contributed by atoms with Crippen LogP contribution in [0, 0.1) is 0 Å². The zero-order chi connectivity index (χ0) is 13.1. The van der Waals surface area contributed by atoms with Crippen LogP contribution < -0.4 is 5.73 Å². The highest BCUT2D eigenvalue weighted by atomic mass is 16.5. The van der Waals surface area contributed by atoms with Crippen molar-refractivity contribution in [2.45, 2.75) is 13.0 Å². The lowest BCUT2D eigenvalue weighted by Gasteiger charge is -2.14. The monoisotopic (exact) mass is 246 g/mol. The fourth-order valence-electron chi connectivity index (χ4n) is 1.68. The van der Waals surface area contributed by atoms with Gasteiger partial charge in [0.2, 0.25) is 0 Å². The quantitative estimate of drug-likeness (QED) is 0.824. The van der Waals surface area contributed by atoms with Crippen LogP contribution >= 0.6 is 0 Å². The summed E-state index contributed by atoms with van der Waals surface area (Å²) in [5.41, 5.74) is 7.18. The largest absolute Gasteiger partial charge is 0.467 e. The van der Waals surface area contributed by atoms with Crippen molar-refractivity contribution in [1.29, 1.82) is 0 Å². The number of esters is 1. The van der Waals surface area contributed by atoms with Crippen LogP contribution in [0.1, 0.15) is 13.0 Å². The molecule has 0 amide bonds. The Morgan fingerprint density at radius 1 is 1.44 bits per heavy atom. The van der Waals surface area contributed by atoms with E-state index in [9.17, 15) is 4.79 Å². The average molecular weight is 246 g/mol. The summed E-state index contributed by atoms with van der Waals surface area (Å²) in [5, 5.41) is 0. The molecule has 94 valence electrons. The minimum atomic E-state index is -0.440. The first-order valence-corrected chi connectivity index (χ1v) is 5.45. The van der Waals surface area contributed by atoms with Gasteiger partial charge in [-0.1, -0.05) is 0 Å². The number of ether oxygens (including phenoxy) is 1. The smallest absolute Gasteiger partial charge is 0.328 e. The Balaban J connectivity index is 2.38. The Morgan fingerprint density at radius 2 is 2.22 bits per heavy atom. The van der Waals surface area contributed by atoms with Gasteiger partial charge in [-0.2, -0.15) is 0 Å². The van der Waals surface area contributed by atoms with Gasteiger partial charge in [-0.15, -0.1) is 0 Å². The van der Waals surface area contributed by atoms with Crippen LogP contribution in [0.2, 0.25) is 0 Å². The molecule has 0 saturated carbocycles. The van der Waals surface area contributed by atoms with Gasteiger partial charge in [0.25, 0.3) is 0 Å². The Labute approximate surface area is 104 Å². The van der Waals surface area contributed by atoms with E-state index >= 15 is 0 Å². The van der Waals surface area contributed by atoms with Gasteiger partial charge in [0.05, 0.1) is 25.3 Å². The molecule has 0 fully saturated rings. The van der Waals surface area contributed by atoms with Gasteiger partial charge in [0.1, 0.15) is 11.9 Å². The molecule has 0 aromatic carbocycles. The lowest BCUT2D eigenvalue weighted by atomic mass is 10.2. The normalized spacial score (nSPS) is 12.1. The molecule has 1 atom stereocenters. The van der Waals surface area contributed by atoms with Gasteiger partial charge >= 0.3 is 5.97 Å². The lowest BCUT2D eigenvalue weighted by Crippen LogP contribution is -2.17. The van der Waals surface area contributed by atoms with Crippen LogP contribution in [0.3, 0.4) is 0 Å². The predicted octanol–water partition coefficient (Wildman–Crippen LogP) is 1.26. The number of hydrogen-bond donors (Lipinski definition) is 1. The highest BCUT2D eigenvalue weighted by molar-refractivity contribution is 5.75. The summed E-state index contributed by atoms with van der Waals surface area (Å²) in [7, 11) is 1.36. The second kappa shape index (κ2) is 4.87. The fraction of sp³-hybridized carbons (Fsp3) is 0.250. The van der Waals surface area contributed by atoms with E-state index in [0.29, 0.717) is 5.82 Å². The van der Waals surface area contributed by atoms with Crippen molar-refractivity contribution < 1.29 is 9.53 Å². The van der Waals surface area contributed by atoms with Crippen LogP contribution in [0.15, 0.2) is 30.9 Å². The first-order chi connectivity index (χ1) is 8.63. The van der Waals surface area contributed by atoms with Crippen LogP contribution in [0.25, 0.3) is 11.3 Å². The number of nitrogens with zero attached hydrogens (tertiary/aromatic N) is 3. The zero-order valence-electron chi connectivity index (χ0n) is 10.2. The van der Waals surface area contributed by atoms with Gasteiger partial charge in [-0.3, -0.25) is 0 Å². The lowest BCUT2D eigenvalue weighted by molar-refractivity contribution is -0.143. The molecule has 0 bridgehead atoms. The number of nitrogen functional groups attached to an aromatic ring is 1. The van der Waals surface area contributed by atoms with Gasteiger partial charge in [-0.05, 0) is 19.1 Å². The molecule has 2 aromatic rings. The van der Waals surface area contributed by atoms with E-state index in [1.807, 2.05) is 6.07 Å². The summed E-state index contributed by atoms with van der Waals surface area (Å²) in [4.78, 5) is 19.6. The van der Waals surface area contributed by atoms with Crippen molar-refractivity contribution in [2.24, 2.45) is 0 Å². The number of carbonyl (C=O) groups excluding carboxylic acids is 1. The first-order valence-electron chi connectivity index (χ1n) is 5.45. The number of anilines is 1. The Bertz CT molecular complexity index is 547. The molecular formula is C12H14N4O2. The molecular weight excluding hydrogens is 232 g/mol. The third-order valence-electron chi connectivity index (χ3n) is 2.71. The highest BCUT2D eigenvalue weighted by Gasteiger charge is 2.18. The van der Waals surface area contributed by atoms with E-state index in [0.717, 1.165) is 11.3 Å². The number of nitrogens with two attached hydrogens (primary N) is 1. The predicted molar refractivity (Wildman–Crippen MR) is 66.6 cm³/mol. The van der Waals surface area contributed by atoms with Gasteiger partial charge < -0.3 is 15.0 Å². The topological polar surface area (TPSA) is 83.0 Å². The number of hydrogen-bond acceptors (Lipinski definition) is 5. The van der Waals surface area contributed by atoms with Gasteiger partial charge in [-0.25, -0.2) is 14.8 Å². The Morgan fingerprint density at radius 3 is 2.83 bits per heavy atom. The summed E-state index contributed by atoms with van der Waals surface area (Å²) in [5.74, 6) is 0.128. The summed E-state index contributed by atoms with van der Waals surface area (Å²) in [6.07, 6.45) is 4.91. The number of imidazole rings is 1. The number of pyridine rings is 1. The molecule has 0 aliphatic rings. The first kappa shape index (κ1) is 12.1. The molecule has 2 heterocycles. The van der Waals surface area contributed by atoms with Gasteiger partial charge in [0, 0.05) is 11.8 Å². The summed E-state index contributed by atoms with van der Waals surface area (Å²) in [6.45, 7) is 1.75. The van der Waals surface area contributed by atoms with Crippen molar-refractivity contribution in [1.82, 2.24) is 14.5 Å². The third kappa shape index (κ3) is 2.17. The van der Waals surface area contributed by atoms with Crippen LogP contribution in [0.4, 0.5) is 5.82 Å². The molecule has 0 aliphatic heterocycles. The molecule has 2 rings (SSSR count). The van der Waals surface area contributed by atoms with Crippen LogP contribution in [-0.2, 0) is 9.53 Å². The summed E-state index contributed by atoms with van der Waals surface area (Å²) < 4.78 is 6.46. The van der Waals surface area contributed by atoms with Crippen molar-refractivity contribution in [2.75, 3.05) is 12.8 Å². The molecule has 2 aromatic heterocycles. The van der Waals surface area contributed by atoms with E-state index in [2.05, 4.69) is 9.97 Å². The van der Waals surface area contributed by atoms with Crippen LogP contribution in [-0.4, -0.2) is 27.6 Å². The highest BCUT2D eigenvalue weighted by Crippen LogP contribution is 2.22. The summed E-state index contributed by atoms with van der Waals surface area (Å²) >= 11 is 0. The molecule has 6 heteroatoms. The Kier molecular flexibility index (Phi) is 3.27. The van der Waals surface area contributed by atoms with E-state index in [1.165, 1.54) is 7.11 Å². The maximum atomic E-state index is 11.5. The molecule has 0 radical (unpaired) electrons. The maximum absolute atomic E-state index is 11.5. The van der Waals surface area contributed by atoms with E-state index in [4.69, 9.17) is 10.5 Å². The SMILES string of the molecule is COC(=O)C(C)n1cncc1-c1ccc(N)nc1. The number of aromatic nitrogens is 3. The zero-order valence-corrected chi connectivity index (χ0v) is 10.2. The van der Waals surface area contributed by atoms with E-state index < -0.39 is 6.04 Å². The van der Waals surface area contributed by atoms with Crippen molar-refractivity contribution in [3.63, 3.8) is 0 Å². The molecule has 0 saturated heterocycles. The van der Waals surface area contributed by atoms with E-state index in [-0.39, 0.29) is 5.97 Å². The van der Waals surface area contributed by atoms with Crippen molar-refractivity contribution in [3.8, 4) is 11.3 Å². The second-order valence-electron chi connectivity index (χ2n) is 3.86. The molecule has 0 spiro atoms. The molecule has 0 aliphatic carbocycles. The average Bonchev–Trinajstić information content (AvgIpc) is 2.87. The van der Waals surface area contributed by atoms with E-state index in [1.54, 1.807) is 36.3 Å². The minimum Gasteiger partial charge on any atom is -0.467 e. The standard InChI is InChI=1S/C12H14N4O2/c1-8(12(17)18-2)16-7-14-6-10(16)9-3-4-11(13)15-5-9/h3-8H,1-2H3,(H2,13,15). The number of carbonyl (C=O) groups is 1. The van der Waals surface area contributed by atoms with Crippen molar-refractivity contribution >= 4 is 11.8 Å². The van der Waals surface area contributed by atoms with Crippen molar-refractivity contribution in [3.05, 3.63) is 30.9 Å². The minimum absolute atomic E-state index is 0.322. The molecule has 18 heavy (non-hydrogen) atoms. The third-order valence-corrected chi connectivity index (χ3v) is 2.71. The number of methoxy groups -OCH3 is 1. The number of rotatable bonds is 3. The molecule has 1 unspecified atom stereocenters. The second-order valence-corrected chi connectivity index (χ2v) is 3.86. The Hall–Kier alpha value is -2.37. The van der Waals surface area contributed by atoms with Crippen LogP contribution in [0.5, 0.6) is 0 Å². The maximum Gasteiger partial charge on any atom is 0.328 e. The summed E-state index contributed by atoms with van der Waals surface area (Å²) in [6, 6.07) is 3.10.